The number of rotatable bonds is 8. The van der Waals surface area contributed by atoms with Crippen LogP contribution in [0.3, 0.4) is 0 Å². The Hall–Kier alpha value is -5.66. The standard InChI is InChI=1S/C37H39FN10O4S/c1-6-27-33(45(5)35-44-31(29(14-39)53-35)21-7-10-24(38)11-8-21)48-17-22(9-12-30(48)43-27)23-15-40-34(41-16-23)46-18-25(19-46)42-32(50)28-13-26(49)20-47(28)36(51)52-37(2,3)4/h7-12,15-17,25-26,28,49H,6,13,18-20H2,1-5H3,(H,42,50)/t26-,28+/m1/s1. The topological polar surface area (TPSA) is 165 Å². The number of thiazole rings is 1. The quantitative estimate of drug-likeness (QED) is 0.222. The van der Waals surface area contributed by atoms with E-state index in [1.165, 1.54) is 28.4 Å². The number of β-amino-alcohol motifs (C(OH)–C–C–N with tert-alkyl or cyclic N) is 1. The lowest BCUT2D eigenvalue weighted by molar-refractivity contribution is -0.126. The van der Waals surface area contributed by atoms with Crippen LogP contribution in [0.4, 0.5) is 26.1 Å². The Labute approximate surface area is 309 Å². The average molecular weight is 739 g/mol. The number of hydrogen-bond acceptors (Lipinski definition) is 12. The van der Waals surface area contributed by atoms with Crippen LogP contribution in [0.15, 0.2) is 55.0 Å². The molecule has 53 heavy (non-hydrogen) atoms. The highest BCUT2D eigenvalue weighted by atomic mass is 32.1. The molecule has 2 saturated heterocycles. The summed E-state index contributed by atoms with van der Waals surface area (Å²) in [5.41, 5.74) is 3.70. The zero-order valence-electron chi connectivity index (χ0n) is 29.9. The van der Waals surface area contributed by atoms with Crippen LogP contribution in [0.25, 0.3) is 28.0 Å². The van der Waals surface area contributed by atoms with Gasteiger partial charge >= 0.3 is 6.09 Å². The van der Waals surface area contributed by atoms with E-state index in [1.54, 1.807) is 45.3 Å². The van der Waals surface area contributed by atoms with Crippen molar-refractivity contribution in [1.29, 1.82) is 5.26 Å². The number of fused-ring (bicyclic) bond motifs is 1. The van der Waals surface area contributed by atoms with Crippen molar-refractivity contribution in [1.82, 2.24) is 34.6 Å². The molecule has 4 aromatic heterocycles. The summed E-state index contributed by atoms with van der Waals surface area (Å²) in [6.45, 7) is 8.34. The number of carbonyl (C=O) groups excluding carboxylic acids is 2. The summed E-state index contributed by atoms with van der Waals surface area (Å²) in [6, 6.07) is 11.1. The van der Waals surface area contributed by atoms with Crippen LogP contribution >= 0.6 is 11.3 Å². The lowest BCUT2D eigenvalue weighted by Gasteiger charge is -2.40. The molecule has 2 N–H and O–H groups in total. The van der Waals surface area contributed by atoms with Crippen LogP contribution in [-0.4, -0.2) is 96.8 Å². The number of amides is 2. The molecule has 14 nitrogen and oxygen atoms in total. The number of carbonyl (C=O) groups is 2. The third-order valence-corrected chi connectivity index (χ3v) is 10.2. The van der Waals surface area contributed by atoms with Gasteiger partial charge in [-0.1, -0.05) is 18.3 Å². The number of nitrogens with zero attached hydrogens (tertiary/aromatic N) is 9. The third-order valence-electron chi connectivity index (χ3n) is 9.13. The molecule has 0 unspecified atom stereocenters. The summed E-state index contributed by atoms with van der Waals surface area (Å²) in [6.07, 6.45) is 4.88. The van der Waals surface area contributed by atoms with Crippen LogP contribution in [0.1, 0.15) is 44.7 Å². The van der Waals surface area contributed by atoms with E-state index >= 15 is 0 Å². The first-order valence-electron chi connectivity index (χ1n) is 17.3. The van der Waals surface area contributed by atoms with E-state index in [4.69, 9.17) is 14.7 Å². The fourth-order valence-corrected chi connectivity index (χ4v) is 7.36. The number of aryl methyl sites for hydroxylation is 1. The zero-order chi connectivity index (χ0) is 37.6. The molecule has 2 amide bonds. The maximum atomic E-state index is 13.6. The molecule has 7 rings (SSSR count). The van der Waals surface area contributed by atoms with Crippen molar-refractivity contribution in [3.05, 3.63) is 71.4 Å². The first-order valence-corrected chi connectivity index (χ1v) is 18.1. The molecule has 0 bridgehead atoms. The number of nitrogens with one attached hydrogen (secondary N) is 1. The van der Waals surface area contributed by atoms with Gasteiger partial charge in [-0.15, -0.1) is 0 Å². The van der Waals surface area contributed by atoms with E-state index in [2.05, 4.69) is 21.4 Å². The van der Waals surface area contributed by atoms with Crippen LogP contribution in [0.2, 0.25) is 0 Å². The largest absolute Gasteiger partial charge is 0.444 e. The van der Waals surface area contributed by atoms with Gasteiger partial charge in [0, 0.05) is 61.8 Å². The van der Waals surface area contributed by atoms with Crippen molar-refractivity contribution >= 4 is 45.9 Å². The van der Waals surface area contributed by atoms with Crippen molar-refractivity contribution in [2.24, 2.45) is 0 Å². The van der Waals surface area contributed by atoms with Crippen LogP contribution < -0.4 is 15.1 Å². The van der Waals surface area contributed by atoms with Gasteiger partial charge in [-0.25, -0.2) is 29.1 Å². The number of aliphatic hydroxyl groups excluding tert-OH is 1. The van der Waals surface area contributed by atoms with E-state index in [-0.39, 0.29) is 30.7 Å². The fraction of sp³-hybridized carbons (Fsp3) is 0.378. The van der Waals surface area contributed by atoms with Crippen molar-refractivity contribution in [3.8, 4) is 28.5 Å². The highest BCUT2D eigenvalue weighted by molar-refractivity contribution is 7.16. The first-order chi connectivity index (χ1) is 25.3. The summed E-state index contributed by atoms with van der Waals surface area (Å²) in [5.74, 6) is 0.646. The molecule has 0 radical (unpaired) electrons. The van der Waals surface area contributed by atoms with Crippen molar-refractivity contribution in [2.45, 2.75) is 64.3 Å². The molecule has 16 heteroatoms. The number of pyridine rings is 1. The van der Waals surface area contributed by atoms with Gasteiger partial charge in [0.15, 0.2) is 5.13 Å². The molecule has 0 aliphatic carbocycles. The Kier molecular flexibility index (Phi) is 9.47. The summed E-state index contributed by atoms with van der Waals surface area (Å²) in [4.78, 5) is 50.3. The average Bonchev–Trinajstić information content (AvgIpc) is 3.83. The molecular formula is C37H39FN10O4S. The number of likely N-dealkylation sites (tertiary alicyclic amines) is 1. The van der Waals surface area contributed by atoms with Gasteiger partial charge in [-0.3, -0.25) is 14.1 Å². The number of halogens is 1. The van der Waals surface area contributed by atoms with Crippen molar-refractivity contribution in [3.63, 3.8) is 0 Å². The van der Waals surface area contributed by atoms with E-state index in [0.29, 0.717) is 46.7 Å². The van der Waals surface area contributed by atoms with Crippen molar-refractivity contribution < 1.29 is 23.8 Å². The Bertz CT molecular complexity index is 2200. The highest BCUT2D eigenvalue weighted by Gasteiger charge is 2.42. The number of aromatic nitrogens is 5. The number of benzene rings is 1. The second kappa shape index (κ2) is 14.1. The molecule has 2 aliphatic heterocycles. The molecule has 2 aliphatic rings. The number of ether oxygens (including phenoxy) is 1. The van der Waals surface area contributed by atoms with Gasteiger partial charge < -0.3 is 25.0 Å². The van der Waals surface area contributed by atoms with E-state index in [1.807, 2.05) is 46.5 Å². The molecule has 6 heterocycles. The van der Waals surface area contributed by atoms with Gasteiger partial charge in [0.05, 0.1) is 24.4 Å². The molecule has 274 valence electrons. The Morgan fingerprint density at radius 3 is 2.43 bits per heavy atom. The number of nitriles is 1. The van der Waals surface area contributed by atoms with Crippen LogP contribution in [0, 0.1) is 17.1 Å². The van der Waals surface area contributed by atoms with Crippen LogP contribution in [0.5, 0.6) is 0 Å². The fourth-order valence-electron chi connectivity index (χ4n) is 6.52. The smallest absolute Gasteiger partial charge is 0.411 e. The number of hydrogen-bond donors (Lipinski definition) is 2. The molecule has 0 spiro atoms. The van der Waals surface area contributed by atoms with E-state index in [9.17, 15) is 24.3 Å². The monoisotopic (exact) mass is 738 g/mol. The zero-order valence-corrected chi connectivity index (χ0v) is 30.8. The predicted octanol–water partition coefficient (Wildman–Crippen LogP) is 4.93. The molecule has 2 fully saturated rings. The molecule has 5 aromatic rings. The normalized spacial score (nSPS) is 17.5. The van der Waals surface area contributed by atoms with E-state index < -0.39 is 23.8 Å². The molecule has 1 aromatic carbocycles. The number of anilines is 3. The van der Waals surface area contributed by atoms with Gasteiger partial charge in [-0.2, -0.15) is 5.26 Å². The lowest BCUT2D eigenvalue weighted by atomic mass is 10.1. The summed E-state index contributed by atoms with van der Waals surface area (Å²) < 4.78 is 21.0. The molecule has 0 saturated carbocycles. The third kappa shape index (κ3) is 7.22. The number of imidazole rings is 1. The summed E-state index contributed by atoms with van der Waals surface area (Å²) >= 11 is 1.26. The van der Waals surface area contributed by atoms with Crippen molar-refractivity contribution in [2.75, 3.05) is 36.5 Å². The Balaban J connectivity index is 1.04. The minimum Gasteiger partial charge on any atom is -0.444 e. The van der Waals surface area contributed by atoms with Gasteiger partial charge in [0.25, 0.3) is 0 Å². The maximum absolute atomic E-state index is 13.6. The second-order valence-corrected chi connectivity index (χ2v) is 15.1. The Morgan fingerprint density at radius 1 is 1.08 bits per heavy atom. The molecular weight excluding hydrogens is 700 g/mol. The lowest BCUT2D eigenvalue weighted by Crippen LogP contribution is -2.62. The minimum absolute atomic E-state index is 0.0459. The van der Waals surface area contributed by atoms with Gasteiger partial charge in [0.2, 0.25) is 11.9 Å². The summed E-state index contributed by atoms with van der Waals surface area (Å²) in [5, 5.41) is 23.7. The second-order valence-electron chi connectivity index (χ2n) is 14.2. The van der Waals surface area contributed by atoms with Gasteiger partial charge in [0.1, 0.15) is 45.6 Å². The van der Waals surface area contributed by atoms with E-state index in [0.717, 1.165) is 28.3 Å². The predicted molar refractivity (Wildman–Crippen MR) is 197 cm³/mol. The number of aliphatic hydroxyl groups is 1. The maximum Gasteiger partial charge on any atom is 0.411 e. The highest BCUT2D eigenvalue weighted by Crippen LogP contribution is 2.37. The van der Waals surface area contributed by atoms with Crippen LogP contribution in [-0.2, 0) is 16.0 Å². The van der Waals surface area contributed by atoms with Gasteiger partial charge in [-0.05, 0) is 63.6 Å². The first kappa shape index (κ1) is 35.7. The Morgan fingerprint density at radius 2 is 1.77 bits per heavy atom. The molecule has 2 atom stereocenters. The minimum atomic E-state index is -0.804. The summed E-state index contributed by atoms with van der Waals surface area (Å²) in [7, 11) is 1.89. The SMILES string of the molecule is CCc1nc2ccc(-c3cnc(N4CC(NC(=O)[C@@H]5C[C@@H](O)CN5C(=O)OC(C)(C)C)C4)nc3)cn2c1N(C)c1nc(-c2ccc(F)cc2)c(C#N)s1.